The summed E-state index contributed by atoms with van der Waals surface area (Å²) in [6.07, 6.45) is 3.56. The maximum absolute atomic E-state index is 6.62. The Bertz CT molecular complexity index is 323. The van der Waals surface area contributed by atoms with E-state index in [1.807, 2.05) is 0 Å². The van der Waals surface area contributed by atoms with Crippen LogP contribution in [-0.4, -0.2) is 10.1 Å². The Morgan fingerprint density at radius 3 is 1.86 bits per heavy atom. The van der Waals surface area contributed by atoms with Gasteiger partial charge in [0.25, 0.3) is 0 Å². The van der Waals surface area contributed by atoms with E-state index in [2.05, 4.69) is 0 Å². The van der Waals surface area contributed by atoms with E-state index >= 15 is 0 Å². The quantitative estimate of drug-likeness (QED) is 0.582. The molecule has 3 heteroatoms. The van der Waals surface area contributed by atoms with Gasteiger partial charge in [-0.2, -0.15) is 0 Å². The van der Waals surface area contributed by atoms with Crippen LogP contribution >= 0.6 is 23.2 Å². The third-order valence-corrected chi connectivity index (χ3v) is 6.83. The molecule has 0 spiro atoms. The fraction of sp³-hybridized carbons (Fsp3) is 1.00. The van der Waals surface area contributed by atoms with Crippen molar-refractivity contribution in [3.8, 4) is 0 Å². The van der Waals surface area contributed by atoms with Gasteiger partial charge in [0.15, 0.2) is 0 Å². The summed E-state index contributed by atoms with van der Waals surface area (Å²) in [7, 11) is 0. The van der Waals surface area contributed by atoms with Crippen LogP contribution in [0.5, 0.6) is 0 Å². The van der Waals surface area contributed by atoms with Gasteiger partial charge in [0, 0.05) is 11.8 Å². The van der Waals surface area contributed by atoms with Gasteiger partial charge in [-0.25, -0.2) is 0 Å². The lowest BCUT2D eigenvalue weighted by Gasteiger charge is -2.24. The van der Waals surface area contributed by atoms with Gasteiger partial charge in [-0.3, -0.25) is 0 Å². The van der Waals surface area contributed by atoms with E-state index in [-0.39, 0.29) is 10.1 Å². The number of hydrogen-bond acceptors (Lipinski definition) is 1. The maximum Gasteiger partial charge on any atom is 0.147 e. The van der Waals surface area contributed by atoms with Gasteiger partial charge in [-0.05, 0) is 42.9 Å². The first kappa shape index (κ1) is 7.76. The second-order valence-electron chi connectivity index (χ2n) is 6.03. The van der Waals surface area contributed by atoms with E-state index in [1.54, 1.807) is 0 Å². The summed E-state index contributed by atoms with van der Waals surface area (Å²) in [6, 6.07) is 0. The molecule has 1 saturated heterocycles. The molecule has 1 heterocycles. The van der Waals surface area contributed by atoms with E-state index in [0.717, 1.165) is 36.5 Å². The highest BCUT2D eigenvalue weighted by atomic mass is 35.5. The highest BCUT2D eigenvalue weighted by molar-refractivity contribution is 6.27. The molecular weight excluding hydrogens is 219 g/mol. The lowest BCUT2D eigenvalue weighted by molar-refractivity contribution is -0.0159. The minimum Gasteiger partial charge on any atom is -0.337 e. The van der Waals surface area contributed by atoms with Crippen LogP contribution < -0.4 is 0 Å². The molecule has 5 fully saturated rings. The summed E-state index contributed by atoms with van der Waals surface area (Å²) in [6.45, 7) is 0. The van der Waals surface area contributed by atoms with Crippen LogP contribution in [0.1, 0.15) is 19.3 Å². The standard InChI is InChI=1S/C11H12Cl2O/c12-10-2-6-4-1-5-7(6)3-11(13,14-10)9(5)8(4)10/h4-9H,1-3H2/t4-,5+,6-,7-,8-,9-,10-,11+/m0/s1. The van der Waals surface area contributed by atoms with Crippen LogP contribution in [0.3, 0.4) is 0 Å². The van der Waals surface area contributed by atoms with Crippen molar-refractivity contribution in [1.82, 2.24) is 0 Å². The highest BCUT2D eigenvalue weighted by Crippen LogP contribution is 2.82. The third-order valence-electron chi connectivity index (χ3n) is 5.87. The molecule has 0 radical (unpaired) electrons. The van der Waals surface area contributed by atoms with Crippen molar-refractivity contribution in [2.75, 3.05) is 0 Å². The molecule has 4 saturated carbocycles. The van der Waals surface area contributed by atoms with Crippen molar-refractivity contribution >= 4 is 23.2 Å². The molecule has 2 bridgehead atoms. The largest absolute Gasteiger partial charge is 0.337 e. The monoisotopic (exact) mass is 230 g/mol. The molecule has 14 heavy (non-hydrogen) atoms. The summed E-state index contributed by atoms with van der Waals surface area (Å²) < 4.78 is 6.04. The Balaban J connectivity index is 1.86. The van der Waals surface area contributed by atoms with Crippen LogP contribution in [-0.2, 0) is 4.74 Å². The Labute approximate surface area is 93.1 Å². The van der Waals surface area contributed by atoms with Crippen molar-refractivity contribution in [1.29, 1.82) is 0 Å². The van der Waals surface area contributed by atoms with Gasteiger partial charge < -0.3 is 4.74 Å². The predicted octanol–water partition coefficient (Wildman–Crippen LogP) is 2.81. The number of halogens is 2. The third kappa shape index (κ3) is 0.522. The molecule has 0 amide bonds. The van der Waals surface area contributed by atoms with Gasteiger partial charge in [0.1, 0.15) is 10.1 Å². The minimum atomic E-state index is -0.359. The second-order valence-corrected chi connectivity index (χ2v) is 7.30. The maximum atomic E-state index is 6.62. The van der Waals surface area contributed by atoms with Crippen molar-refractivity contribution < 1.29 is 4.74 Å². The second kappa shape index (κ2) is 1.78. The average molecular weight is 231 g/mol. The van der Waals surface area contributed by atoms with Crippen molar-refractivity contribution in [3.63, 3.8) is 0 Å². The molecule has 0 aromatic heterocycles. The average Bonchev–Trinajstić information content (AvgIpc) is 2.69. The number of ether oxygens (including phenoxy) is 1. The van der Waals surface area contributed by atoms with Crippen LogP contribution in [0.15, 0.2) is 0 Å². The van der Waals surface area contributed by atoms with Crippen LogP contribution in [0, 0.1) is 35.5 Å². The Kier molecular flexibility index (Phi) is 0.989. The van der Waals surface area contributed by atoms with Crippen LogP contribution in [0.25, 0.3) is 0 Å². The highest BCUT2D eigenvalue weighted by Gasteiger charge is 2.82. The van der Waals surface area contributed by atoms with E-state index < -0.39 is 0 Å². The topological polar surface area (TPSA) is 9.23 Å². The first-order valence-corrected chi connectivity index (χ1v) is 6.46. The van der Waals surface area contributed by atoms with Crippen LogP contribution in [0.4, 0.5) is 0 Å². The molecule has 0 aromatic carbocycles. The number of alkyl halides is 2. The van der Waals surface area contributed by atoms with Gasteiger partial charge >= 0.3 is 0 Å². The first-order valence-electron chi connectivity index (χ1n) is 5.70. The molecule has 5 aliphatic rings. The van der Waals surface area contributed by atoms with Crippen LogP contribution in [0.2, 0.25) is 0 Å². The molecule has 0 aromatic rings. The number of rotatable bonds is 0. The summed E-state index contributed by atoms with van der Waals surface area (Å²) in [5.74, 6) is 4.60. The zero-order valence-electron chi connectivity index (χ0n) is 7.75. The molecule has 0 N–H and O–H groups in total. The van der Waals surface area contributed by atoms with Crippen molar-refractivity contribution in [3.05, 3.63) is 0 Å². The number of fused-ring (bicyclic) bond motifs is 1. The lowest BCUT2D eigenvalue weighted by atomic mass is 9.80. The van der Waals surface area contributed by atoms with Gasteiger partial charge in [-0.15, -0.1) is 0 Å². The Morgan fingerprint density at radius 1 is 0.857 bits per heavy atom. The number of hydrogen-bond donors (Lipinski definition) is 0. The summed E-state index contributed by atoms with van der Waals surface area (Å²) in [4.78, 5) is 0. The summed E-state index contributed by atoms with van der Waals surface area (Å²) >= 11 is 13.2. The molecule has 1 aliphatic heterocycles. The minimum absolute atomic E-state index is 0.359. The fourth-order valence-corrected chi connectivity index (χ4v) is 7.12. The molecule has 76 valence electrons. The van der Waals surface area contributed by atoms with E-state index in [0.29, 0.717) is 11.8 Å². The van der Waals surface area contributed by atoms with Crippen molar-refractivity contribution in [2.45, 2.75) is 29.4 Å². The van der Waals surface area contributed by atoms with E-state index in [1.165, 1.54) is 6.42 Å². The molecule has 0 unspecified atom stereocenters. The summed E-state index contributed by atoms with van der Waals surface area (Å²) in [5, 5.41) is -0.719. The predicted molar refractivity (Wildman–Crippen MR) is 53.0 cm³/mol. The zero-order chi connectivity index (χ0) is 9.29. The normalized spacial score (nSPS) is 81.0. The van der Waals surface area contributed by atoms with Gasteiger partial charge in [0.2, 0.25) is 0 Å². The SMILES string of the molecule is Cl[C@]12C[C@@H]3[C@H]4C[C@](Cl)(O1)[C@H]1[C@H]4C[C@H]3[C@@H]12. The van der Waals surface area contributed by atoms with E-state index in [9.17, 15) is 0 Å². The zero-order valence-corrected chi connectivity index (χ0v) is 9.26. The Morgan fingerprint density at radius 2 is 1.36 bits per heavy atom. The molecule has 1 nitrogen and oxygen atoms in total. The van der Waals surface area contributed by atoms with Gasteiger partial charge in [0.05, 0.1) is 0 Å². The van der Waals surface area contributed by atoms with Crippen molar-refractivity contribution in [2.24, 2.45) is 35.5 Å². The first-order chi connectivity index (χ1) is 6.62. The molecule has 5 rings (SSSR count). The Hall–Kier alpha value is 0.540. The smallest absolute Gasteiger partial charge is 0.147 e. The fourth-order valence-electron chi connectivity index (χ4n) is 5.85. The molecule has 8 atom stereocenters. The molecule has 4 aliphatic carbocycles. The molecular formula is C11H12Cl2O. The lowest BCUT2D eigenvalue weighted by Crippen LogP contribution is -2.27. The van der Waals surface area contributed by atoms with E-state index in [4.69, 9.17) is 27.9 Å². The van der Waals surface area contributed by atoms with Gasteiger partial charge in [-0.1, -0.05) is 23.2 Å². The summed E-state index contributed by atoms with van der Waals surface area (Å²) in [5.41, 5.74) is 0.